The molecule has 1 saturated carbocycles. The summed E-state index contributed by atoms with van der Waals surface area (Å²) in [6, 6.07) is 1.55. The van der Waals surface area contributed by atoms with E-state index in [9.17, 15) is 0 Å². The molecule has 2 aliphatic rings. The van der Waals surface area contributed by atoms with Gasteiger partial charge in [-0.2, -0.15) is 0 Å². The van der Waals surface area contributed by atoms with Crippen LogP contribution in [0.15, 0.2) is 0 Å². The Kier molecular flexibility index (Phi) is 5.34. The van der Waals surface area contributed by atoms with E-state index in [0.717, 1.165) is 18.0 Å². The molecule has 19 heavy (non-hydrogen) atoms. The van der Waals surface area contributed by atoms with Crippen molar-refractivity contribution in [2.75, 3.05) is 6.54 Å². The molecule has 0 aromatic rings. The minimum atomic E-state index is 0.709. The molecule has 1 aliphatic heterocycles. The lowest BCUT2D eigenvalue weighted by atomic mass is 9.66. The average molecular weight is 265 g/mol. The lowest BCUT2D eigenvalue weighted by molar-refractivity contribution is -0.00595. The van der Waals surface area contributed by atoms with Crippen molar-refractivity contribution in [2.45, 2.75) is 97.6 Å². The van der Waals surface area contributed by atoms with E-state index in [4.69, 9.17) is 0 Å². The molecule has 1 heteroatoms. The van der Waals surface area contributed by atoms with Crippen molar-refractivity contribution in [3.63, 3.8) is 0 Å². The Labute approximate surface area is 121 Å². The van der Waals surface area contributed by atoms with Gasteiger partial charge < -0.3 is 0 Å². The Hall–Kier alpha value is -0.0400. The third-order valence-corrected chi connectivity index (χ3v) is 5.82. The fourth-order valence-corrected chi connectivity index (χ4v) is 4.56. The summed E-state index contributed by atoms with van der Waals surface area (Å²) in [5.74, 6) is 0.810. The Morgan fingerprint density at radius 3 is 1.95 bits per heavy atom. The van der Waals surface area contributed by atoms with E-state index in [2.05, 4.69) is 32.6 Å². The molecule has 0 aromatic carbocycles. The average Bonchev–Trinajstić information content (AvgIpc) is 2.34. The van der Waals surface area contributed by atoms with Crippen LogP contribution in [0.5, 0.6) is 0 Å². The predicted molar refractivity (Wildman–Crippen MR) is 84.5 cm³/mol. The molecule has 1 heterocycles. The van der Waals surface area contributed by atoms with Crippen molar-refractivity contribution in [1.82, 2.24) is 4.90 Å². The number of hydrogen-bond donors (Lipinski definition) is 0. The van der Waals surface area contributed by atoms with E-state index >= 15 is 0 Å². The van der Waals surface area contributed by atoms with E-state index in [0.29, 0.717) is 5.41 Å². The molecule has 1 aliphatic carbocycles. The first-order valence-electron chi connectivity index (χ1n) is 8.80. The van der Waals surface area contributed by atoms with Crippen LogP contribution in [0.4, 0.5) is 0 Å². The molecular formula is C18H35N. The van der Waals surface area contributed by atoms with E-state index in [1.54, 1.807) is 0 Å². The minimum Gasteiger partial charge on any atom is -0.298 e. The van der Waals surface area contributed by atoms with Gasteiger partial charge in [-0.05, 0) is 57.4 Å². The predicted octanol–water partition coefficient (Wildman–Crippen LogP) is 5.25. The Morgan fingerprint density at radius 2 is 1.42 bits per heavy atom. The van der Waals surface area contributed by atoms with Crippen molar-refractivity contribution in [1.29, 1.82) is 0 Å². The van der Waals surface area contributed by atoms with E-state index in [1.165, 1.54) is 64.3 Å². The van der Waals surface area contributed by atoms with Crippen molar-refractivity contribution in [2.24, 2.45) is 11.3 Å². The SMILES string of the molecule is CC(C)C1CC2(CCCCCCC2)CCN1C(C)C. The maximum Gasteiger partial charge on any atom is 0.0126 e. The first kappa shape index (κ1) is 15.4. The lowest BCUT2D eigenvalue weighted by Gasteiger charge is -2.50. The fraction of sp³-hybridized carbons (Fsp3) is 1.00. The highest BCUT2D eigenvalue weighted by Gasteiger charge is 2.40. The van der Waals surface area contributed by atoms with Crippen molar-refractivity contribution in [3.05, 3.63) is 0 Å². The smallest absolute Gasteiger partial charge is 0.0126 e. The molecule has 1 nitrogen and oxygen atoms in total. The third kappa shape index (κ3) is 3.74. The Morgan fingerprint density at radius 1 is 0.842 bits per heavy atom. The zero-order valence-electron chi connectivity index (χ0n) is 13.8. The van der Waals surface area contributed by atoms with Crippen LogP contribution in [0.25, 0.3) is 0 Å². The second-order valence-electron chi connectivity index (χ2n) is 7.86. The molecule has 1 unspecified atom stereocenters. The maximum atomic E-state index is 2.79. The molecule has 2 fully saturated rings. The first-order valence-corrected chi connectivity index (χ1v) is 8.80. The quantitative estimate of drug-likeness (QED) is 0.659. The second-order valence-corrected chi connectivity index (χ2v) is 7.86. The molecule has 0 radical (unpaired) electrons. The van der Waals surface area contributed by atoms with Crippen LogP contribution in [0.1, 0.15) is 85.5 Å². The highest BCUT2D eigenvalue weighted by molar-refractivity contribution is 4.94. The monoisotopic (exact) mass is 265 g/mol. The summed E-state index contributed by atoms with van der Waals surface area (Å²) in [6.45, 7) is 11.0. The van der Waals surface area contributed by atoms with Gasteiger partial charge in [0.05, 0.1) is 0 Å². The van der Waals surface area contributed by atoms with Crippen LogP contribution < -0.4 is 0 Å². The van der Waals surface area contributed by atoms with Crippen LogP contribution in [-0.2, 0) is 0 Å². The molecule has 0 aromatic heterocycles. The van der Waals surface area contributed by atoms with Crippen LogP contribution in [0, 0.1) is 11.3 Å². The van der Waals surface area contributed by atoms with Crippen molar-refractivity contribution >= 4 is 0 Å². The van der Waals surface area contributed by atoms with Crippen LogP contribution in [0.3, 0.4) is 0 Å². The summed E-state index contributed by atoms with van der Waals surface area (Å²) >= 11 is 0. The Balaban J connectivity index is 2.07. The van der Waals surface area contributed by atoms with E-state index in [-0.39, 0.29) is 0 Å². The highest BCUT2D eigenvalue weighted by atomic mass is 15.2. The summed E-state index contributed by atoms with van der Waals surface area (Å²) < 4.78 is 0. The van der Waals surface area contributed by atoms with Gasteiger partial charge in [0.1, 0.15) is 0 Å². The van der Waals surface area contributed by atoms with Gasteiger partial charge in [0.2, 0.25) is 0 Å². The normalized spacial score (nSPS) is 29.7. The largest absolute Gasteiger partial charge is 0.298 e. The number of rotatable bonds is 2. The topological polar surface area (TPSA) is 3.24 Å². The molecule has 0 amide bonds. The molecule has 1 saturated heterocycles. The van der Waals surface area contributed by atoms with Gasteiger partial charge in [0, 0.05) is 12.1 Å². The van der Waals surface area contributed by atoms with Gasteiger partial charge in [0.25, 0.3) is 0 Å². The van der Waals surface area contributed by atoms with Crippen LogP contribution in [-0.4, -0.2) is 23.5 Å². The molecule has 2 rings (SSSR count). The van der Waals surface area contributed by atoms with Crippen LogP contribution >= 0.6 is 0 Å². The van der Waals surface area contributed by atoms with Gasteiger partial charge in [-0.3, -0.25) is 4.90 Å². The van der Waals surface area contributed by atoms with E-state index < -0.39 is 0 Å². The zero-order chi connectivity index (χ0) is 13.9. The van der Waals surface area contributed by atoms with Gasteiger partial charge in [-0.15, -0.1) is 0 Å². The molecule has 112 valence electrons. The summed E-state index contributed by atoms with van der Waals surface area (Å²) in [7, 11) is 0. The number of likely N-dealkylation sites (tertiary alicyclic amines) is 1. The van der Waals surface area contributed by atoms with Crippen molar-refractivity contribution in [3.8, 4) is 0 Å². The molecule has 0 bridgehead atoms. The van der Waals surface area contributed by atoms with Crippen molar-refractivity contribution < 1.29 is 0 Å². The minimum absolute atomic E-state index is 0.709. The fourth-order valence-electron chi connectivity index (χ4n) is 4.56. The third-order valence-electron chi connectivity index (χ3n) is 5.82. The zero-order valence-corrected chi connectivity index (χ0v) is 13.8. The number of hydrogen-bond acceptors (Lipinski definition) is 1. The standard InChI is InChI=1S/C18H35N/c1-15(2)17-14-18(12-13-19(17)16(3)4)10-8-6-5-7-9-11-18/h15-17H,5-14H2,1-4H3. The summed E-state index contributed by atoms with van der Waals surface area (Å²) in [6.07, 6.45) is 13.4. The lowest BCUT2D eigenvalue weighted by Crippen LogP contribution is -2.52. The first-order chi connectivity index (χ1) is 9.04. The van der Waals surface area contributed by atoms with Gasteiger partial charge >= 0.3 is 0 Å². The highest BCUT2D eigenvalue weighted by Crippen LogP contribution is 2.46. The maximum absolute atomic E-state index is 2.79. The summed E-state index contributed by atoms with van der Waals surface area (Å²) in [4.78, 5) is 2.79. The second kappa shape index (κ2) is 6.61. The molecule has 0 N–H and O–H groups in total. The van der Waals surface area contributed by atoms with Crippen LogP contribution in [0.2, 0.25) is 0 Å². The van der Waals surface area contributed by atoms with Gasteiger partial charge in [-0.25, -0.2) is 0 Å². The molecule has 1 spiro atoms. The number of piperidine rings is 1. The summed E-state index contributed by atoms with van der Waals surface area (Å²) in [5, 5.41) is 0. The van der Waals surface area contributed by atoms with E-state index in [1.807, 2.05) is 0 Å². The summed E-state index contributed by atoms with van der Waals surface area (Å²) in [5.41, 5.74) is 0.709. The molecular weight excluding hydrogens is 230 g/mol. The Bertz CT molecular complexity index is 261. The van der Waals surface area contributed by atoms with Gasteiger partial charge in [-0.1, -0.05) is 46.0 Å². The number of nitrogens with zero attached hydrogens (tertiary/aromatic N) is 1. The molecule has 1 atom stereocenters. The van der Waals surface area contributed by atoms with Gasteiger partial charge in [0.15, 0.2) is 0 Å².